The molecule has 0 atom stereocenters. The number of fused-ring (bicyclic) bond motifs is 1. The molecule has 1 heteroatoms. The molecule has 0 unspecified atom stereocenters. The first kappa shape index (κ1) is 7.53. The van der Waals surface area contributed by atoms with Crippen LogP contribution in [-0.2, 0) is 6.42 Å². The zero-order chi connectivity index (χ0) is 8.72. The molecule has 1 aliphatic heterocycles. The van der Waals surface area contributed by atoms with Crippen molar-refractivity contribution in [3.05, 3.63) is 29.3 Å². The molecule has 0 N–H and O–H groups in total. The third-order valence-corrected chi connectivity index (χ3v) is 2.68. The van der Waals surface area contributed by atoms with E-state index in [0.29, 0.717) is 0 Å². The molecular formula is C11H14N+. The molecule has 1 aliphatic rings. The normalized spacial score (nSPS) is 15.2. The van der Waals surface area contributed by atoms with Crippen LogP contribution >= 0.6 is 0 Å². The molecule has 1 nitrogen and oxygen atoms in total. The summed E-state index contributed by atoms with van der Waals surface area (Å²) in [6, 6.07) is 6.53. The summed E-state index contributed by atoms with van der Waals surface area (Å²) < 4.78 is 2.30. The lowest BCUT2D eigenvalue weighted by molar-refractivity contribution is -0.402. The van der Waals surface area contributed by atoms with Crippen molar-refractivity contribution < 1.29 is 4.58 Å². The van der Waals surface area contributed by atoms with Gasteiger partial charge in [0.2, 0.25) is 5.69 Å². The molecule has 12 heavy (non-hydrogen) atoms. The Kier molecular flexibility index (Phi) is 1.53. The van der Waals surface area contributed by atoms with E-state index in [0.717, 1.165) is 6.42 Å². The van der Waals surface area contributed by atoms with Crippen LogP contribution in [0.15, 0.2) is 18.2 Å². The minimum Gasteiger partial charge on any atom is -0.202 e. The number of hydrogen-bond donors (Lipinski definition) is 0. The second-order valence-corrected chi connectivity index (χ2v) is 3.55. The number of aryl methyl sites for hydroxylation is 1. The van der Waals surface area contributed by atoms with Crippen LogP contribution < -0.4 is 0 Å². The van der Waals surface area contributed by atoms with Crippen molar-refractivity contribution in [2.24, 2.45) is 0 Å². The highest BCUT2D eigenvalue weighted by Gasteiger charge is 2.24. The SMILES string of the molecule is CC1=[N+](C)c2c(C)cccc2C1. The smallest absolute Gasteiger partial charge is 0.202 e. The Morgan fingerprint density at radius 1 is 1.25 bits per heavy atom. The van der Waals surface area contributed by atoms with Gasteiger partial charge >= 0.3 is 0 Å². The van der Waals surface area contributed by atoms with Crippen LogP contribution in [0, 0.1) is 6.92 Å². The van der Waals surface area contributed by atoms with Crippen LogP contribution in [0.25, 0.3) is 0 Å². The molecule has 1 aromatic carbocycles. The minimum atomic E-state index is 1.12. The highest BCUT2D eigenvalue weighted by molar-refractivity contribution is 5.85. The van der Waals surface area contributed by atoms with Gasteiger partial charge in [0.05, 0.1) is 6.42 Å². The van der Waals surface area contributed by atoms with E-state index in [1.54, 1.807) is 0 Å². The van der Waals surface area contributed by atoms with E-state index in [2.05, 4.69) is 43.7 Å². The molecule has 0 bridgehead atoms. The van der Waals surface area contributed by atoms with E-state index in [1.807, 2.05) is 0 Å². The Morgan fingerprint density at radius 3 is 2.67 bits per heavy atom. The maximum atomic E-state index is 2.30. The molecule has 0 radical (unpaired) electrons. The maximum Gasteiger partial charge on any atom is 0.211 e. The lowest BCUT2D eigenvalue weighted by Gasteiger charge is -1.98. The molecule has 2 rings (SSSR count). The summed E-state index contributed by atoms with van der Waals surface area (Å²) in [7, 11) is 2.15. The van der Waals surface area contributed by atoms with Crippen molar-refractivity contribution in [2.45, 2.75) is 20.3 Å². The fraction of sp³-hybridized carbons (Fsp3) is 0.364. The fourth-order valence-electron chi connectivity index (χ4n) is 1.93. The molecule has 0 amide bonds. The predicted octanol–water partition coefficient (Wildman–Crippen LogP) is 2.29. The minimum absolute atomic E-state index is 1.12. The van der Waals surface area contributed by atoms with Crippen molar-refractivity contribution in [1.82, 2.24) is 0 Å². The van der Waals surface area contributed by atoms with Gasteiger partial charge in [-0.2, -0.15) is 0 Å². The molecular weight excluding hydrogens is 146 g/mol. The van der Waals surface area contributed by atoms with Crippen molar-refractivity contribution >= 4 is 11.4 Å². The maximum absolute atomic E-state index is 2.30. The van der Waals surface area contributed by atoms with E-state index in [-0.39, 0.29) is 0 Å². The Hall–Kier alpha value is -1.11. The van der Waals surface area contributed by atoms with Crippen LogP contribution in [-0.4, -0.2) is 17.3 Å². The van der Waals surface area contributed by atoms with Gasteiger partial charge in [0, 0.05) is 18.1 Å². The number of para-hydroxylation sites is 1. The summed E-state index contributed by atoms with van der Waals surface area (Å²) in [6.45, 7) is 4.37. The number of benzene rings is 1. The zero-order valence-corrected chi connectivity index (χ0v) is 7.89. The monoisotopic (exact) mass is 160 g/mol. The van der Waals surface area contributed by atoms with Crippen molar-refractivity contribution in [2.75, 3.05) is 7.05 Å². The molecule has 0 aliphatic carbocycles. The van der Waals surface area contributed by atoms with Crippen molar-refractivity contribution in [1.29, 1.82) is 0 Å². The van der Waals surface area contributed by atoms with Crippen LogP contribution in [0.4, 0.5) is 5.69 Å². The van der Waals surface area contributed by atoms with Gasteiger partial charge in [-0.05, 0) is 6.92 Å². The molecule has 1 aromatic rings. The summed E-state index contributed by atoms with van der Waals surface area (Å²) >= 11 is 0. The highest BCUT2D eigenvalue weighted by atomic mass is 15.0. The van der Waals surface area contributed by atoms with Gasteiger partial charge in [-0.3, -0.25) is 0 Å². The van der Waals surface area contributed by atoms with E-state index in [1.165, 1.54) is 22.5 Å². The fourth-order valence-corrected chi connectivity index (χ4v) is 1.93. The third kappa shape index (κ3) is 0.893. The van der Waals surface area contributed by atoms with Gasteiger partial charge in [-0.15, -0.1) is 0 Å². The average molecular weight is 160 g/mol. The summed E-state index contributed by atoms with van der Waals surface area (Å²) in [5.74, 6) is 0. The number of hydrogen-bond acceptors (Lipinski definition) is 0. The molecule has 0 spiro atoms. The lowest BCUT2D eigenvalue weighted by atomic mass is 10.1. The third-order valence-electron chi connectivity index (χ3n) is 2.68. The molecule has 0 saturated heterocycles. The first-order valence-corrected chi connectivity index (χ1v) is 4.35. The van der Waals surface area contributed by atoms with Crippen LogP contribution in [0.2, 0.25) is 0 Å². The second-order valence-electron chi connectivity index (χ2n) is 3.55. The van der Waals surface area contributed by atoms with Crippen molar-refractivity contribution in [3.8, 4) is 0 Å². The topological polar surface area (TPSA) is 3.01 Å². The number of rotatable bonds is 0. The predicted molar refractivity (Wildman–Crippen MR) is 51.4 cm³/mol. The summed E-state index contributed by atoms with van der Waals surface area (Å²) in [5.41, 5.74) is 5.70. The Morgan fingerprint density at radius 2 is 2.00 bits per heavy atom. The lowest BCUT2D eigenvalue weighted by Crippen LogP contribution is -2.03. The van der Waals surface area contributed by atoms with Gasteiger partial charge in [-0.25, -0.2) is 4.58 Å². The zero-order valence-electron chi connectivity index (χ0n) is 7.89. The first-order valence-electron chi connectivity index (χ1n) is 4.35. The Balaban J connectivity index is 2.67. The molecule has 0 saturated carbocycles. The van der Waals surface area contributed by atoms with Gasteiger partial charge in [0.1, 0.15) is 7.05 Å². The van der Waals surface area contributed by atoms with E-state index in [9.17, 15) is 0 Å². The van der Waals surface area contributed by atoms with Gasteiger partial charge in [0.25, 0.3) is 0 Å². The Bertz CT molecular complexity index is 361. The largest absolute Gasteiger partial charge is 0.211 e. The number of nitrogens with zero attached hydrogens (tertiary/aromatic N) is 1. The van der Waals surface area contributed by atoms with Gasteiger partial charge in [0.15, 0.2) is 5.71 Å². The summed E-state index contributed by atoms with van der Waals surface area (Å²) in [6.07, 6.45) is 1.12. The molecule has 0 aromatic heterocycles. The van der Waals surface area contributed by atoms with Crippen LogP contribution in [0.3, 0.4) is 0 Å². The van der Waals surface area contributed by atoms with Crippen molar-refractivity contribution in [3.63, 3.8) is 0 Å². The van der Waals surface area contributed by atoms with E-state index >= 15 is 0 Å². The quantitative estimate of drug-likeness (QED) is 0.512. The van der Waals surface area contributed by atoms with Gasteiger partial charge in [-0.1, -0.05) is 18.2 Å². The summed E-state index contributed by atoms with van der Waals surface area (Å²) in [4.78, 5) is 0. The molecule has 0 fully saturated rings. The van der Waals surface area contributed by atoms with E-state index in [4.69, 9.17) is 0 Å². The second kappa shape index (κ2) is 2.44. The molecule has 1 heterocycles. The van der Waals surface area contributed by atoms with E-state index < -0.39 is 0 Å². The highest BCUT2D eigenvalue weighted by Crippen LogP contribution is 2.28. The summed E-state index contributed by atoms with van der Waals surface area (Å²) in [5, 5.41) is 0. The standard InChI is InChI=1S/C11H14N/c1-8-5-4-6-10-7-9(2)12(3)11(8)10/h4-6H,7H2,1-3H3/q+1. The molecule has 62 valence electrons. The van der Waals surface area contributed by atoms with Crippen LogP contribution in [0.1, 0.15) is 18.1 Å². The Labute approximate surface area is 73.4 Å². The van der Waals surface area contributed by atoms with Gasteiger partial charge < -0.3 is 0 Å². The average Bonchev–Trinajstić information content (AvgIpc) is 2.29. The van der Waals surface area contributed by atoms with Crippen LogP contribution in [0.5, 0.6) is 0 Å². The first-order chi connectivity index (χ1) is 5.70.